The SMILES string of the molecule is C[C@H]1[C@H]([Si](C)(C)F)[C@@H](CC(=O)N2CCC[C@H]2CO)O[C@]12C(=O)N(Cc1cccc(-n3ncc4ccccc4c3=O)c1)c1ccc(Cl)cc12. The predicted octanol–water partition coefficient (Wildman–Crippen LogP) is 5.73. The van der Waals surface area contributed by atoms with Crippen LogP contribution in [0.1, 0.15) is 37.3 Å². The van der Waals surface area contributed by atoms with Crippen molar-refractivity contribution in [2.45, 2.75) is 69.1 Å². The number of anilines is 1. The van der Waals surface area contributed by atoms with Crippen molar-refractivity contribution < 1.29 is 23.5 Å². The molecule has 0 aliphatic carbocycles. The maximum absolute atomic E-state index is 16.3. The van der Waals surface area contributed by atoms with Crippen LogP contribution < -0.4 is 10.5 Å². The lowest BCUT2D eigenvalue weighted by Gasteiger charge is -2.31. The van der Waals surface area contributed by atoms with Crippen molar-refractivity contribution in [1.82, 2.24) is 14.7 Å². The molecule has 1 spiro atoms. The number of amides is 2. The van der Waals surface area contributed by atoms with Crippen LogP contribution in [0.5, 0.6) is 0 Å². The van der Waals surface area contributed by atoms with E-state index in [0.29, 0.717) is 40.3 Å². The highest BCUT2D eigenvalue weighted by molar-refractivity contribution is 6.72. The van der Waals surface area contributed by atoms with Gasteiger partial charge in [0.1, 0.15) is 0 Å². The standard InChI is InChI=1S/C36H38ClFN4O5Si/c1-22-33(48(2,3)38)31(18-32(44)40-15-7-11-27(40)21-43)47-36(22)29-17-25(37)13-14-30(29)41(35(36)46)20-23-8-6-10-26(16-23)42-34(45)28-12-5-4-9-24(28)19-39-42/h4-6,8-10,12-14,16-17,19,22,27,31,33,43H,7,11,15,18,20-21H2,1-3H3/t22-,27-,31+,33-,36+/m0/s1. The van der Waals surface area contributed by atoms with Gasteiger partial charge in [-0.25, -0.2) is 0 Å². The fraction of sp³-hybridized carbons (Fsp3) is 0.389. The van der Waals surface area contributed by atoms with Gasteiger partial charge < -0.3 is 23.8 Å². The minimum Gasteiger partial charge on any atom is -0.394 e. The molecule has 9 nitrogen and oxygen atoms in total. The Balaban J connectivity index is 1.24. The summed E-state index contributed by atoms with van der Waals surface area (Å²) in [5.41, 5.74) is 0.0229. The van der Waals surface area contributed by atoms with Crippen LogP contribution in [0.2, 0.25) is 23.7 Å². The number of likely N-dealkylation sites (tertiary alicyclic amines) is 1. The molecule has 3 aliphatic rings. The number of ether oxygens (including phenoxy) is 1. The van der Waals surface area contributed by atoms with Gasteiger partial charge in [0.25, 0.3) is 11.5 Å². The van der Waals surface area contributed by atoms with E-state index in [4.69, 9.17) is 16.3 Å². The molecule has 12 heteroatoms. The number of aromatic nitrogens is 2. The average molecular weight is 689 g/mol. The lowest BCUT2D eigenvalue weighted by Crippen LogP contribution is -2.45. The van der Waals surface area contributed by atoms with Crippen molar-refractivity contribution in [3.63, 3.8) is 0 Å². The Morgan fingerprint density at radius 1 is 1.12 bits per heavy atom. The van der Waals surface area contributed by atoms with Gasteiger partial charge in [0.2, 0.25) is 14.3 Å². The molecular formula is C36H38ClFN4O5Si. The molecule has 0 saturated carbocycles. The summed E-state index contributed by atoms with van der Waals surface area (Å²) >= 11 is 6.52. The fourth-order valence-electron chi connectivity index (χ4n) is 8.26. The van der Waals surface area contributed by atoms with Gasteiger partial charge in [0.05, 0.1) is 54.7 Å². The minimum atomic E-state index is -3.49. The molecule has 7 rings (SSSR count). The second-order valence-electron chi connectivity index (χ2n) is 13.7. The first-order chi connectivity index (χ1) is 22.9. The number of carbonyl (C=O) groups is 2. The molecular weight excluding hydrogens is 651 g/mol. The number of halogens is 2. The molecule has 3 aromatic carbocycles. The van der Waals surface area contributed by atoms with Gasteiger partial charge in [0, 0.05) is 34.0 Å². The van der Waals surface area contributed by atoms with E-state index in [9.17, 15) is 19.5 Å². The summed E-state index contributed by atoms with van der Waals surface area (Å²) in [6.45, 7) is 5.61. The van der Waals surface area contributed by atoms with Gasteiger partial charge in [-0.3, -0.25) is 14.4 Å². The average Bonchev–Trinajstić information content (AvgIpc) is 3.72. The highest BCUT2D eigenvalue weighted by atomic mass is 35.5. The molecule has 1 aromatic heterocycles. The van der Waals surface area contributed by atoms with Crippen molar-refractivity contribution in [2.75, 3.05) is 18.1 Å². The van der Waals surface area contributed by atoms with E-state index in [0.717, 1.165) is 17.4 Å². The van der Waals surface area contributed by atoms with E-state index < -0.39 is 31.6 Å². The number of rotatable bonds is 7. The Labute approximate surface area is 284 Å². The molecule has 0 bridgehead atoms. The van der Waals surface area contributed by atoms with Gasteiger partial charge in [-0.05, 0) is 67.9 Å². The van der Waals surface area contributed by atoms with Crippen LogP contribution in [-0.4, -0.2) is 65.3 Å². The van der Waals surface area contributed by atoms with Crippen LogP contribution >= 0.6 is 11.6 Å². The molecule has 4 heterocycles. The smallest absolute Gasteiger partial charge is 0.279 e. The van der Waals surface area contributed by atoms with Gasteiger partial charge >= 0.3 is 0 Å². The normalized spacial score (nSPS) is 25.4. The monoisotopic (exact) mass is 688 g/mol. The summed E-state index contributed by atoms with van der Waals surface area (Å²) in [7, 11) is -3.49. The van der Waals surface area contributed by atoms with Crippen LogP contribution in [0.25, 0.3) is 16.5 Å². The van der Waals surface area contributed by atoms with Gasteiger partial charge in [-0.2, -0.15) is 9.78 Å². The number of nitrogens with zero attached hydrogens (tertiary/aromatic N) is 4. The van der Waals surface area contributed by atoms with Crippen molar-refractivity contribution in [3.8, 4) is 5.69 Å². The summed E-state index contributed by atoms with van der Waals surface area (Å²) < 4.78 is 24.4. The molecule has 3 aliphatic heterocycles. The topological polar surface area (TPSA) is 105 Å². The van der Waals surface area contributed by atoms with Crippen LogP contribution in [-0.2, 0) is 26.5 Å². The first kappa shape index (κ1) is 32.6. The van der Waals surface area contributed by atoms with Gasteiger partial charge in [0.15, 0.2) is 5.60 Å². The number of aliphatic hydroxyl groups is 1. The van der Waals surface area contributed by atoms with Crippen LogP contribution in [0.3, 0.4) is 0 Å². The van der Waals surface area contributed by atoms with Gasteiger partial charge in [-0.1, -0.05) is 48.9 Å². The summed E-state index contributed by atoms with van der Waals surface area (Å²) in [5, 5.41) is 15.9. The second kappa shape index (κ2) is 12.2. The van der Waals surface area contributed by atoms with E-state index in [2.05, 4.69) is 5.10 Å². The maximum atomic E-state index is 16.3. The number of hydrogen-bond acceptors (Lipinski definition) is 6. The zero-order chi connectivity index (χ0) is 34.0. The van der Waals surface area contributed by atoms with E-state index in [1.807, 2.05) is 43.3 Å². The molecule has 2 fully saturated rings. The molecule has 1 N–H and O–H groups in total. The lowest BCUT2D eigenvalue weighted by atomic mass is 9.82. The Morgan fingerprint density at radius 3 is 2.69 bits per heavy atom. The highest BCUT2D eigenvalue weighted by Gasteiger charge is 2.67. The predicted molar refractivity (Wildman–Crippen MR) is 184 cm³/mol. The Bertz CT molecular complexity index is 1980. The van der Waals surface area contributed by atoms with E-state index in [1.54, 1.807) is 59.4 Å². The van der Waals surface area contributed by atoms with Crippen molar-refractivity contribution in [2.24, 2.45) is 5.92 Å². The summed E-state index contributed by atoms with van der Waals surface area (Å²) in [6.07, 6.45) is 2.25. The van der Waals surface area contributed by atoms with E-state index in [-0.39, 0.29) is 43.0 Å². The number of carbonyl (C=O) groups excluding carboxylic acids is 2. The third-order valence-electron chi connectivity index (χ3n) is 10.4. The molecule has 48 heavy (non-hydrogen) atoms. The third kappa shape index (κ3) is 5.28. The summed E-state index contributed by atoms with van der Waals surface area (Å²) in [5.74, 6) is -1.13. The number of benzene rings is 3. The molecule has 2 saturated heterocycles. The molecule has 2 amide bonds. The van der Waals surface area contributed by atoms with Crippen molar-refractivity contribution in [1.29, 1.82) is 0 Å². The molecule has 5 atom stereocenters. The third-order valence-corrected chi connectivity index (χ3v) is 13.1. The minimum absolute atomic E-state index is 0.0770. The molecule has 250 valence electrons. The lowest BCUT2D eigenvalue weighted by molar-refractivity contribution is -0.150. The first-order valence-corrected chi connectivity index (χ1v) is 19.7. The Kier molecular flexibility index (Phi) is 8.30. The zero-order valence-electron chi connectivity index (χ0n) is 27.1. The summed E-state index contributed by atoms with van der Waals surface area (Å²) in [6, 6.07) is 19.5. The van der Waals surface area contributed by atoms with Crippen LogP contribution in [0.4, 0.5) is 9.80 Å². The van der Waals surface area contributed by atoms with Crippen LogP contribution in [0.15, 0.2) is 77.7 Å². The molecule has 0 radical (unpaired) electrons. The van der Waals surface area contributed by atoms with Crippen LogP contribution in [0, 0.1) is 5.92 Å². The van der Waals surface area contributed by atoms with E-state index in [1.165, 1.54) is 4.68 Å². The molecule has 0 unspecified atom stereocenters. The second-order valence-corrected chi connectivity index (χ2v) is 17.9. The van der Waals surface area contributed by atoms with Crippen molar-refractivity contribution >= 4 is 48.3 Å². The zero-order valence-corrected chi connectivity index (χ0v) is 28.9. The number of hydrogen-bond donors (Lipinski definition) is 1. The molecule has 4 aromatic rings. The fourth-order valence-corrected chi connectivity index (χ4v) is 10.9. The number of aliphatic hydroxyl groups excluding tert-OH is 1. The summed E-state index contributed by atoms with van der Waals surface area (Å²) in [4.78, 5) is 45.0. The Morgan fingerprint density at radius 2 is 1.92 bits per heavy atom. The highest BCUT2D eigenvalue weighted by Crippen LogP contribution is 2.60. The first-order valence-electron chi connectivity index (χ1n) is 16.4. The largest absolute Gasteiger partial charge is 0.394 e. The van der Waals surface area contributed by atoms with Crippen molar-refractivity contribution in [3.05, 3.63) is 99.4 Å². The van der Waals surface area contributed by atoms with E-state index >= 15 is 4.11 Å². The van der Waals surface area contributed by atoms with Gasteiger partial charge in [-0.15, -0.1) is 0 Å². The maximum Gasteiger partial charge on any atom is 0.279 e. The Hall–Kier alpha value is -3.90. The quantitative estimate of drug-likeness (QED) is 0.196. The number of fused-ring (bicyclic) bond motifs is 3.